The first kappa shape index (κ1) is 13.4. The average molecular weight is 239 g/mol. The van der Waals surface area contributed by atoms with E-state index in [2.05, 4.69) is 24.4 Å². The molecule has 1 atom stereocenters. The van der Waals surface area contributed by atoms with Crippen molar-refractivity contribution in [3.8, 4) is 0 Å². The molecule has 0 aromatic carbocycles. The van der Waals surface area contributed by atoms with Gasteiger partial charge in [0.2, 0.25) is 0 Å². The van der Waals surface area contributed by atoms with Gasteiger partial charge in [-0.25, -0.2) is 0 Å². The molecule has 0 fully saturated rings. The molecule has 2 N–H and O–H groups in total. The van der Waals surface area contributed by atoms with Gasteiger partial charge in [0.1, 0.15) is 5.78 Å². The minimum absolute atomic E-state index is 0.227. The summed E-state index contributed by atoms with van der Waals surface area (Å²) in [5.41, 5.74) is 5.82. The fraction of sp³-hybridized carbons (Fsp3) is 0.615. The van der Waals surface area contributed by atoms with Crippen LogP contribution in [0.3, 0.4) is 0 Å². The molecule has 1 aromatic heterocycles. The second-order valence-electron chi connectivity index (χ2n) is 4.15. The molecular weight excluding hydrogens is 218 g/mol. The number of Topliss-reactive ketones (excluding diaryl/α,β-unsaturated/α-hetero) is 1. The largest absolute Gasteiger partial charge is 0.322 e. The number of carbonyl (C=O) groups excluding carboxylic acids is 1. The Kier molecular flexibility index (Phi) is 6.34. The second-order valence-corrected chi connectivity index (χ2v) is 5.18. The molecule has 1 rings (SSSR count). The molecule has 0 spiro atoms. The highest BCUT2D eigenvalue weighted by molar-refractivity contribution is 7.09. The van der Waals surface area contributed by atoms with Gasteiger partial charge in [0.25, 0.3) is 0 Å². The molecule has 0 aliphatic heterocycles. The van der Waals surface area contributed by atoms with Crippen molar-refractivity contribution in [3.05, 3.63) is 22.4 Å². The van der Waals surface area contributed by atoms with Crippen LogP contribution in [0.25, 0.3) is 0 Å². The molecule has 0 aliphatic rings. The highest BCUT2D eigenvalue weighted by Gasteiger charge is 2.12. The Morgan fingerprint density at radius 2 is 2.31 bits per heavy atom. The van der Waals surface area contributed by atoms with E-state index in [1.54, 1.807) is 11.3 Å². The molecule has 3 heteroatoms. The molecule has 2 nitrogen and oxygen atoms in total. The molecule has 0 radical (unpaired) electrons. The van der Waals surface area contributed by atoms with Crippen molar-refractivity contribution in [1.82, 2.24) is 0 Å². The highest BCUT2D eigenvalue weighted by Crippen LogP contribution is 2.12. The first-order valence-electron chi connectivity index (χ1n) is 6.04. The first-order valence-corrected chi connectivity index (χ1v) is 6.92. The Hall–Kier alpha value is -0.670. The first-order chi connectivity index (χ1) is 7.74. The monoisotopic (exact) mass is 239 g/mol. The fourth-order valence-corrected chi connectivity index (χ4v) is 2.41. The van der Waals surface area contributed by atoms with Crippen molar-refractivity contribution in [1.29, 1.82) is 0 Å². The van der Waals surface area contributed by atoms with Crippen molar-refractivity contribution in [2.75, 3.05) is 0 Å². The van der Waals surface area contributed by atoms with E-state index >= 15 is 0 Å². The van der Waals surface area contributed by atoms with Gasteiger partial charge in [0, 0.05) is 11.3 Å². The summed E-state index contributed by atoms with van der Waals surface area (Å²) in [4.78, 5) is 13.0. The lowest BCUT2D eigenvalue weighted by Crippen LogP contribution is -2.30. The number of rotatable bonds is 8. The van der Waals surface area contributed by atoms with E-state index in [1.165, 1.54) is 4.88 Å². The van der Waals surface area contributed by atoms with Gasteiger partial charge in [-0.05, 0) is 30.7 Å². The number of nitrogens with two attached hydrogens (primary N) is 1. The lowest BCUT2D eigenvalue weighted by Gasteiger charge is -2.09. The van der Waals surface area contributed by atoms with Gasteiger partial charge in [-0.15, -0.1) is 11.3 Å². The van der Waals surface area contributed by atoms with Crippen molar-refractivity contribution in [2.45, 2.75) is 51.5 Å². The van der Waals surface area contributed by atoms with Crippen molar-refractivity contribution < 1.29 is 4.79 Å². The van der Waals surface area contributed by atoms with Crippen LogP contribution in [0.1, 0.15) is 43.9 Å². The van der Waals surface area contributed by atoms with E-state index in [9.17, 15) is 4.79 Å². The van der Waals surface area contributed by atoms with E-state index in [4.69, 9.17) is 5.73 Å². The molecule has 1 aromatic rings. The zero-order chi connectivity index (χ0) is 11.8. The summed E-state index contributed by atoms with van der Waals surface area (Å²) < 4.78 is 0. The van der Waals surface area contributed by atoms with Crippen LogP contribution in [0.5, 0.6) is 0 Å². The number of hydrogen-bond acceptors (Lipinski definition) is 3. The zero-order valence-electron chi connectivity index (χ0n) is 9.95. The normalized spacial score (nSPS) is 12.6. The second kappa shape index (κ2) is 7.58. The molecule has 1 unspecified atom stereocenters. The lowest BCUT2D eigenvalue weighted by atomic mass is 10.0. The van der Waals surface area contributed by atoms with Crippen LogP contribution in [0.2, 0.25) is 0 Å². The quantitative estimate of drug-likeness (QED) is 0.757. The molecule has 16 heavy (non-hydrogen) atoms. The Balaban J connectivity index is 2.14. The maximum absolute atomic E-state index is 11.7. The minimum Gasteiger partial charge on any atom is -0.322 e. The number of carbonyl (C=O) groups is 1. The van der Waals surface area contributed by atoms with Gasteiger partial charge in [-0.1, -0.05) is 25.8 Å². The summed E-state index contributed by atoms with van der Waals surface area (Å²) >= 11 is 1.75. The van der Waals surface area contributed by atoms with Crippen molar-refractivity contribution in [2.24, 2.45) is 5.73 Å². The summed E-state index contributed by atoms with van der Waals surface area (Å²) in [6.45, 7) is 2.12. The topological polar surface area (TPSA) is 43.1 Å². The third-order valence-corrected chi connectivity index (χ3v) is 3.64. The number of thiophene rings is 1. The predicted molar refractivity (Wildman–Crippen MR) is 69.8 cm³/mol. The summed E-state index contributed by atoms with van der Waals surface area (Å²) in [6, 6.07) is 3.93. The van der Waals surface area contributed by atoms with Crippen molar-refractivity contribution >= 4 is 17.1 Å². The van der Waals surface area contributed by atoms with Crippen LogP contribution < -0.4 is 5.73 Å². The number of hydrogen-bond donors (Lipinski definition) is 1. The third-order valence-electron chi connectivity index (χ3n) is 2.71. The van der Waals surface area contributed by atoms with Gasteiger partial charge in [0.15, 0.2) is 0 Å². The van der Waals surface area contributed by atoms with E-state index in [0.29, 0.717) is 6.42 Å². The molecule has 0 saturated heterocycles. The van der Waals surface area contributed by atoms with Crippen LogP contribution in [-0.4, -0.2) is 11.8 Å². The standard InChI is InChI=1S/C13H21NOS/c1-2-3-8-12(14)13(15)9-4-6-11-7-5-10-16-11/h5,7,10,12H,2-4,6,8-9,14H2,1H3. The average Bonchev–Trinajstić information content (AvgIpc) is 2.78. The van der Waals surface area contributed by atoms with Crippen LogP contribution in [0, 0.1) is 0 Å². The van der Waals surface area contributed by atoms with E-state index in [0.717, 1.165) is 32.1 Å². The van der Waals surface area contributed by atoms with Crippen LogP contribution in [0.15, 0.2) is 17.5 Å². The van der Waals surface area contributed by atoms with Crippen LogP contribution in [-0.2, 0) is 11.2 Å². The van der Waals surface area contributed by atoms with E-state index in [1.807, 2.05) is 0 Å². The summed E-state index contributed by atoms with van der Waals surface area (Å²) in [6.07, 6.45) is 5.56. The Bertz CT molecular complexity index is 295. The smallest absolute Gasteiger partial charge is 0.149 e. The Morgan fingerprint density at radius 1 is 1.50 bits per heavy atom. The summed E-state index contributed by atoms with van der Waals surface area (Å²) in [5, 5.41) is 2.07. The van der Waals surface area contributed by atoms with Gasteiger partial charge in [0.05, 0.1) is 6.04 Å². The van der Waals surface area contributed by atoms with E-state index < -0.39 is 0 Å². The van der Waals surface area contributed by atoms with Gasteiger partial charge in [-0.2, -0.15) is 0 Å². The molecular formula is C13H21NOS. The minimum atomic E-state index is -0.233. The molecule has 0 saturated carbocycles. The highest BCUT2D eigenvalue weighted by atomic mass is 32.1. The maximum atomic E-state index is 11.7. The number of unbranched alkanes of at least 4 members (excludes halogenated alkanes) is 1. The Morgan fingerprint density at radius 3 is 2.94 bits per heavy atom. The van der Waals surface area contributed by atoms with Crippen LogP contribution in [0.4, 0.5) is 0 Å². The third kappa shape index (κ3) is 4.90. The van der Waals surface area contributed by atoms with Gasteiger partial charge < -0.3 is 5.73 Å². The van der Waals surface area contributed by atoms with Crippen molar-refractivity contribution in [3.63, 3.8) is 0 Å². The predicted octanol–water partition coefficient (Wildman–Crippen LogP) is 3.16. The maximum Gasteiger partial charge on any atom is 0.149 e. The molecule has 1 heterocycles. The molecule has 90 valence electrons. The summed E-state index contributed by atoms with van der Waals surface area (Å²) in [5.74, 6) is 0.227. The van der Waals surface area contributed by atoms with Gasteiger partial charge >= 0.3 is 0 Å². The summed E-state index contributed by atoms with van der Waals surface area (Å²) in [7, 11) is 0. The number of aryl methyl sites for hydroxylation is 1. The lowest BCUT2D eigenvalue weighted by molar-refractivity contribution is -0.120. The van der Waals surface area contributed by atoms with E-state index in [-0.39, 0.29) is 11.8 Å². The fourth-order valence-electron chi connectivity index (χ4n) is 1.66. The molecule has 0 bridgehead atoms. The SMILES string of the molecule is CCCCC(N)C(=O)CCCc1cccs1. The molecule has 0 amide bonds. The Labute approximate surface area is 102 Å². The van der Waals surface area contributed by atoms with Gasteiger partial charge in [-0.3, -0.25) is 4.79 Å². The van der Waals surface area contributed by atoms with Crippen LogP contribution >= 0.6 is 11.3 Å². The number of ketones is 1. The molecule has 0 aliphatic carbocycles. The zero-order valence-corrected chi connectivity index (χ0v) is 10.8.